The van der Waals surface area contributed by atoms with Crippen LogP contribution in [0.1, 0.15) is 22.8 Å². The number of benzene rings is 1. The first kappa shape index (κ1) is 13.9. The number of carbonyl (C=O) groups is 2. The van der Waals surface area contributed by atoms with Crippen molar-refractivity contribution >= 4 is 17.9 Å². The van der Waals surface area contributed by atoms with E-state index in [0.29, 0.717) is 5.56 Å². The number of nitrogens with two attached hydrogens (primary N) is 1. The van der Waals surface area contributed by atoms with Crippen LogP contribution in [0.3, 0.4) is 0 Å². The molecule has 0 aliphatic carbocycles. The highest BCUT2D eigenvalue weighted by atomic mass is 16.3. The lowest BCUT2D eigenvalue weighted by Gasteiger charge is -2.03. The smallest absolute Gasteiger partial charge is 0.248 e. The first-order valence-corrected chi connectivity index (χ1v) is 5.53. The van der Waals surface area contributed by atoms with Gasteiger partial charge in [0.25, 0.3) is 0 Å². The fourth-order valence-corrected chi connectivity index (χ4v) is 1.24. The second kappa shape index (κ2) is 6.56. The first-order chi connectivity index (χ1) is 8.49. The number of aliphatic hydroxyl groups excluding tert-OH is 1. The second-order valence-electron chi connectivity index (χ2n) is 3.91. The minimum absolute atomic E-state index is 0.212. The molecule has 0 fully saturated rings. The Morgan fingerprint density at radius 2 is 2.00 bits per heavy atom. The van der Waals surface area contributed by atoms with Crippen molar-refractivity contribution in [2.24, 2.45) is 5.73 Å². The number of amides is 2. The maximum absolute atomic E-state index is 11.3. The highest BCUT2D eigenvalue weighted by molar-refractivity contribution is 5.94. The average Bonchev–Trinajstić information content (AvgIpc) is 2.34. The zero-order valence-corrected chi connectivity index (χ0v) is 10.1. The van der Waals surface area contributed by atoms with Crippen LogP contribution in [0.5, 0.6) is 0 Å². The van der Waals surface area contributed by atoms with Crippen molar-refractivity contribution in [3.8, 4) is 0 Å². The summed E-state index contributed by atoms with van der Waals surface area (Å²) in [5.41, 5.74) is 6.32. The van der Waals surface area contributed by atoms with Crippen LogP contribution in [0, 0.1) is 0 Å². The number of aliphatic hydroxyl groups is 1. The van der Waals surface area contributed by atoms with Gasteiger partial charge in [-0.15, -0.1) is 0 Å². The fraction of sp³-hybridized carbons (Fsp3) is 0.231. The van der Waals surface area contributed by atoms with Crippen molar-refractivity contribution in [2.45, 2.75) is 13.0 Å². The van der Waals surface area contributed by atoms with E-state index in [2.05, 4.69) is 5.32 Å². The van der Waals surface area contributed by atoms with Gasteiger partial charge in [-0.2, -0.15) is 0 Å². The number of hydrogen-bond acceptors (Lipinski definition) is 3. The maximum Gasteiger partial charge on any atom is 0.248 e. The summed E-state index contributed by atoms with van der Waals surface area (Å²) in [5.74, 6) is -0.768. The van der Waals surface area contributed by atoms with Gasteiger partial charge in [-0.05, 0) is 30.7 Å². The summed E-state index contributed by atoms with van der Waals surface area (Å²) in [6.45, 7) is 1.80. The van der Waals surface area contributed by atoms with Crippen molar-refractivity contribution in [1.82, 2.24) is 5.32 Å². The Hall–Kier alpha value is -2.14. The van der Waals surface area contributed by atoms with Crippen LogP contribution in [-0.2, 0) is 4.79 Å². The quantitative estimate of drug-likeness (QED) is 0.654. The van der Waals surface area contributed by atoms with Crippen LogP contribution in [0.25, 0.3) is 6.08 Å². The molecule has 0 aliphatic heterocycles. The van der Waals surface area contributed by atoms with Gasteiger partial charge in [-0.1, -0.05) is 12.1 Å². The molecule has 0 heterocycles. The van der Waals surface area contributed by atoms with E-state index in [1.54, 1.807) is 37.3 Å². The Kier molecular flexibility index (Phi) is 5.07. The van der Waals surface area contributed by atoms with Gasteiger partial charge >= 0.3 is 0 Å². The Morgan fingerprint density at radius 1 is 1.39 bits per heavy atom. The van der Waals surface area contributed by atoms with Crippen molar-refractivity contribution in [2.75, 3.05) is 6.54 Å². The molecule has 1 aromatic carbocycles. The molecule has 0 bridgehead atoms. The Balaban J connectivity index is 2.56. The molecule has 1 rings (SSSR count). The van der Waals surface area contributed by atoms with E-state index in [4.69, 9.17) is 10.8 Å². The van der Waals surface area contributed by atoms with Crippen molar-refractivity contribution < 1.29 is 14.7 Å². The van der Waals surface area contributed by atoms with Crippen LogP contribution in [0.15, 0.2) is 30.3 Å². The van der Waals surface area contributed by atoms with Gasteiger partial charge in [-0.3, -0.25) is 9.59 Å². The summed E-state index contributed by atoms with van der Waals surface area (Å²) in [6.07, 6.45) is 2.40. The summed E-state index contributed by atoms with van der Waals surface area (Å²) in [4.78, 5) is 22.2. The number of primary amides is 1. The SMILES string of the molecule is C[C@H](O)CNC(=O)/C=C/c1ccc(C(N)=O)cc1. The molecule has 0 unspecified atom stereocenters. The van der Waals surface area contributed by atoms with Crippen LogP contribution in [0.4, 0.5) is 0 Å². The molecule has 1 aromatic rings. The third-order valence-electron chi connectivity index (χ3n) is 2.19. The molecule has 4 N–H and O–H groups in total. The highest BCUT2D eigenvalue weighted by Gasteiger charge is 2.00. The molecule has 1 atom stereocenters. The Bertz CT molecular complexity index is 450. The summed E-state index contributed by atoms with van der Waals surface area (Å²) in [7, 11) is 0. The van der Waals surface area contributed by atoms with Crippen molar-refractivity contribution in [3.05, 3.63) is 41.5 Å². The van der Waals surface area contributed by atoms with Gasteiger partial charge < -0.3 is 16.2 Å². The molecule has 0 saturated heterocycles. The average molecular weight is 248 g/mol. The van der Waals surface area contributed by atoms with Gasteiger partial charge in [0, 0.05) is 18.2 Å². The highest BCUT2D eigenvalue weighted by Crippen LogP contribution is 2.05. The molecule has 0 aromatic heterocycles. The summed E-state index contributed by atoms with van der Waals surface area (Å²) < 4.78 is 0. The van der Waals surface area contributed by atoms with Gasteiger partial charge in [0.05, 0.1) is 6.10 Å². The van der Waals surface area contributed by atoms with E-state index in [1.807, 2.05) is 0 Å². The van der Waals surface area contributed by atoms with Crippen LogP contribution in [0.2, 0.25) is 0 Å². The Labute approximate surface area is 105 Å². The normalized spacial score (nSPS) is 12.3. The molecule has 5 nitrogen and oxygen atoms in total. The monoisotopic (exact) mass is 248 g/mol. The Morgan fingerprint density at radius 3 is 2.50 bits per heavy atom. The predicted molar refractivity (Wildman–Crippen MR) is 68.7 cm³/mol. The lowest BCUT2D eigenvalue weighted by atomic mass is 10.1. The molecule has 0 spiro atoms. The summed E-state index contributed by atoms with van der Waals surface area (Å²) in [5, 5.41) is 11.5. The molecule has 0 saturated carbocycles. The molecular formula is C13H16N2O3. The molecular weight excluding hydrogens is 232 g/mol. The first-order valence-electron chi connectivity index (χ1n) is 5.53. The third kappa shape index (κ3) is 4.80. The largest absolute Gasteiger partial charge is 0.392 e. The minimum atomic E-state index is -0.572. The standard InChI is InChI=1S/C13H16N2O3/c1-9(16)8-15-12(17)7-4-10-2-5-11(6-3-10)13(14)18/h2-7,9,16H,8H2,1H3,(H2,14,18)(H,15,17)/b7-4+/t9-/m0/s1. The lowest BCUT2D eigenvalue weighted by Crippen LogP contribution is -2.28. The molecule has 2 amide bonds. The van der Waals surface area contributed by atoms with Crippen molar-refractivity contribution in [3.63, 3.8) is 0 Å². The van der Waals surface area contributed by atoms with E-state index >= 15 is 0 Å². The predicted octanol–water partition coefficient (Wildman–Crippen LogP) is 0.296. The molecule has 0 aliphatic rings. The van der Waals surface area contributed by atoms with E-state index in [1.165, 1.54) is 6.08 Å². The molecule has 0 radical (unpaired) electrons. The summed E-state index contributed by atoms with van der Waals surface area (Å²) >= 11 is 0. The topological polar surface area (TPSA) is 92.4 Å². The van der Waals surface area contributed by atoms with Crippen LogP contribution < -0.4 is 11.1 Å². The lowest BCUT2D eigenvalue weighted by molar-refractivity contribution is -0.116. The minimum Gasteiger partial charge on any atom is -0.392 e. The molecule has 96 valence electrons. The fourth-order valence-electron chi connectivity index (χ4n) is 1.24. The molecule has 18 heavy (non-hydrogen) atoms. The zero-order valence-electron chi connectivity index (χ0n) is 10.1. The van der Waals surface area contributed by atoms with Crippen LogP contribution >= 0.6 is 0 Å². The second-order valence-corrected chi connectivity index (χ2v) is 3.91. The summed E-state index contributed by atoms with van der Waals surface area (Å²) in [6, 6.07) is 6.57. The molecule has 5 heteroatoms. The van der Waals surface area contributed by atoms with E-state index in [9.17, 15) is 9.59 Å². The maximum atomic E-state index is 11.3. The van der Waals surface area contributed by atoms with E-state index in [-0.39, 0.29) is 12.5 Å². The number of hydrogen-bond donors (Lipinski definition) is 3. The number of nitrogens with one attached hydrogen (secondary N) is 1. The van der Waals surface area contributed by atoms with Crippen molar-refractivity contribution in [1.29, 1.82) is 0 Å². The van der Waals surface area contributed by atoms with E-state index in [0.717, 1.165) is 5.56 Å². The zero-order chi connectivity index (χ0) is 13.5. The van der Waals surface area contributed by atoms with E-state index < -0.39 is 12.0 Å². The number of carbonyl (C=O) groups excluding carboxylic acids is 2. The van der Waals surface area contributed by atoms with Gasteiger partial charge in [0.2, 0.25) is 11.8 Å². The van der Waals surface area contributed by atoms with Gasteiger partial charge in [0.1, 0.15) is 0 Å². The number of rotatable bonds is 5. The third-order valence-corrected chi connectivity index (χ3v) is 2.19. The van der Waals surface area contributed by atoms with Crippen LogP contribution in [-0.4, -0.2) is 29.6 Å². The van der Waals surface area contributed by atoms with Gasteiger partial charge in [0.15, 0.2) is 0 Å². The van der Waals surface area contributed by atoms with Gasteiger partial charge in [-0.25, -0.2) is 0 Å².